The highest BCUT2D eigenvalue weighted by Gasteiger charge is 2.30. The van der Waals surface area contributed by atoms with E-state index in [0.29, 0.717) is 0 Å². The van der Waals surface area contributed by atoms with Gasteiger partial charge in [0.25, 0.3) is 5.91 Å². The molecule has 0 saturated heterocycles. The van der Waals surface area contributed by atoms with Crippen LogP contribution in [-0.2, 0) is 16.0 Å². The Morgan fingerprint density at radius 3 is 2.17 bits per heavy atom. The Bertz CT molecular complexity index is 878. The van der Waals surface area contributed by atoms with E-state index in [-0.39, 0.29) is 21.2 Å². The zero-order chi connectivity index (χ0) is 18.1. The summed E-state index contributed by atoms with van der Waals surface area (Å²) in [6.45, 7) is 0. The molecule has 2 rings (SSSR count). The van der Waals surface area contributed by atoms with Gasteiger partial charge < -0.3 is 5.32 Å². The largest absolute Gasteiger partial charge is 0.416 e. The van der Waals surface area contributed by atoms with Crippen LogP contribution in [0.1, 0.15) is 15.9 Å². The van der Waals surface area contributed by atoms with Crippen LogP contribution in [0.25, 0.3) is 0 Å². The van der Waals surface area contributed by atoms with Gasteiger partial charge in [-0.3, -0.25) is 4.79 Å². The van der Waals surface area contributed by atoms with Crippen LogP contribution in [0, 0.1) is 0 Å². The van der Waals surface area contributed by atoms with Gasteiger partial charge in [0, 0.05) is 11.8 Å². The predicted octanol–water partition coefficient (Wildman–Crippen LogP) is 4.01. The average molecular weight is 378 g/mol. The van der Waals surface area contributed by atoms with E-state index in [1.807, 2.05) is 0 Å². The number of sulfone groups is 1. The maximum atomic E-state index is 12.5. The summed E-state index contributed by atoms with van der Waals surface area (Å²) in [7, 11) is -3.50. The average Bonchev–Trinajstić information content (AvgIpc) is 2.47. The van der Waals surface area contributed by atoms with Gasteiger partial charge in [-0.15, -0.1) is 0 Å². The highest BCUT2D eigenvalue weighted by atomic mass is 35.5. The van der Waals surface area contributed by atoms with Crippen LogP contribution in [0.3, 0.4) is 0 Å². The molecule has 1 N–H and O–H groups in total. The van der Waals surface area contributed by atoms with E-state index in [0.717, 1.165) is 30.5 Å². The Morgan fingerprint density at radius 1 is 1.08 bits per heavy atom. The van der Waals surface area contributed by atoms with Crippen LogP contribution in [0.15, 0.2) is 47.4 Å². The fourth-order valence-electron chi connectivity index (χ4n) is 1.84. The van der Waals surface area contributed by atoms with Crippen molar-refractivity contribution in [3.05, 3.63) is 58.6 Å². The molecule has 0 fully saturated rings. The van der Waals surface area contributed by atoms with E-state index in [1.165, 1.54) is 18.2 Å². The maximum Gasteiger partial charge on any atom is 0.416 e. The van der Waals surface area contributed by atoms with Crippen molar-refractivity contribution in [1.29, 1.82) is 0 Å². The molecule has 0 aromatic heterocycles. The Labute approximate surface area is 141 Å². The fraction of sp³-hybridized carbons (Fsp3) is 0.133. The number of carbonyl (C=O) groups excluding carboxylic acids is 1. The zero-order valence-electron chi connectivity index (χ0n) is 12.2. The van der Waals surface area contributed by atoms with E-state index in [4.69, 9.17) is 11.6 Å². The third-order valence-corrected chi connectivity index (χ3v) is 4.53. The minimum Gasteiger partial charge on any atom is -0.321 e. The van der Waals surface area contributed by atoms with Crippen molar-refractivity contribution in [3.63, 3.8) is 0 Å². The van der Waals surface area contributed by atoms with Gasteiger partial charge in [-0.1, -0.05) is 11.6 Å². The second-order valence-corrected chi connectivity index (χ2v) is 7.37. The number of anilines is 1. The van der Waals surface area contributed by atoms with Crippen molar-refractivity contribution < 1.29 is 26.4 Å². The van der Waals surface area contributed by atoms with E-state index in [9.17, 15) is 26.4 Å². The SMILES string of the molecule is CS(=O)(=O)c1ccc(Cl)c(NC(=O)c2ccc(C(F)(F)F)cc2)c1. The normalized spacial score (nSPS) is 12.0. The second kappa shape index (κ2) is 6.45. The van der Waals surface area contributed by atoms with Gasteiger partial charge in [0.05, 0.1) is 21.2 Å². The lowest BCUT2D eigenvalue weighted by molar-refractivity contribution is -0.137. The highest BCUT2D eigenvalue weighted by Crippen LogP contribution is 2.29. The Kier molecular flexibility index (Phi) is 4.91. The van der Waals surface area contributed by atoms with Crippen LogP contribution in [0.2, 0.25) is 5.02 Å². The predicted molar refractivity (Wildman–Crippen MR) is 84.0 cm³/mol. The van der Waals surface area contributed by atoms with Gasteiger partial charge in [-0.2, -0.15) is 13.2 Å². The van der Waals surface area contributed by atoms with Gasteiger partial charge in [0.1, 0.15) is 0 Å². The summed E-state index contributed by atoms with van der Waals surface area (Å²) in [6.07, 6.45) is -3.50. The summed E-state index contributed by atoms with van der Waals surface area (Å²) in [5, 5.41) is 2.48. The minimum absolute atomic E-state index is 0.0242. The van der Waals surface area contributed by atoms with Crippen molar-refractivity contribution in [2.45, 2.75) is 11.1 Å². The molecule has 0 saturated carbocycles. The van der Waals surface area contributed by atoms with E-state index >= 15 is 0 Å². The highest BCUT2D eigenvalue weighted by molar-refractivity contribution is 7.90. The summed E-state index contributed by atoms with van der Waals surface area (Å²) in [4.78, 5) is 12.0. The van der Waals surface area contributed by atoms with E-state index in [1.54, 1.807) is 0 Å². The number of alkyl halides is 3. The summed E-state index contributed by atoms with van der Waals surface area (Å²) < 4.78 is 60.5. The first-order chi connectivity index (χ1) is 11.0. The summed E-state index contributed by atoms with van der Waals surface area (Å²) in [5.41, 5.74) is -0.857. The quantitative estimate of drug-likeness (QED) is 0.878. The minimum atomic E-state index is -4.50. The maximum absolute atomic E-state index is 12.5. The monoisotopic (exact) mass is 377 g/mol. The molecule has 2 aromatic rings. The first-order valence-electron chi connectivity index (χ1n) is 6.47. The Hall–Kier alpha value is -2.06. The van der Waals surface area contributed by atoms with Crippen molar-refractivity contribution in [2.24, 2.45) is 0 Å². The van der Waals surface area contributed by atoms with Gasteiger partial charge >= 0.3 is 6.18 Å². The third kappa shape index (κ3) is 4.27. The molecule has 4 nitrogen and oxygen atoms in total. The van der Waals surface area contributed by atoms with Crippen molar-refractivity contribution in [2.75, 3.05) is 11.6 Å². The van der Waals surface area contributed by atoms with Crippen molar-refractivity contribution in [1.82, 2.24) is 0 Å². The molecular weight excluding hydrogens is 367 g/mol. The molecule has 0 heterocycles. The number of rotatable bonds is 3. The molecule has 0 unspecified atom stereocenters. The standard InChI is InChI=1S/C15H11ClF3NO3S/c1-24(22,23)11-6-7-12(16)13(8-11)20-14(21)9-2-4-10(5-3-9)15(17,18)19/h2-8H,1H3,(H,20,21). The number of hydrogen-bond donors (Lipinski definition) is 1. The van der Waals surface area contributed by atoms with Crippen molar-refractivity contribution >= 4 is 33.0 Å². The molecule has 0 aliphatic rings. The molecule has 0 atom stereocenters. The van der Waals surface area contributed by atoms with Gasteiger partial charge in [0.15, 0.2) is 9.84 Å². The lowest BCUT2D eigenvalue weighted by Gasteiger charge is -2.10. The third-order valence-electron chi connectivity index (χ3n) is 3.09. The van der Waals surface area contributed by atoms with E-state index in [2.05, 4.69) is 5.32 Å². The molecule has 1 amide bonds. The number of nitrogens with one attached hydrogen (secondary N) is 1. The number of amides is 1. The van der Waals surface area contributed by atoms with Crippen LogP contribution in [0.5, 0.6) is 0 Å². The van der Waals surface area contributed by atoms with Gasteiger partial charge in [-0.05, 0) is 42.5 Å². The zero-order valence-corrected chi connectivity index (χ0v) is 13.8. The molecule has 128 valence electrons. The van der Waals surface area contributed by atoms with Crippen LogP contribution in [0.4, 0.5) is 18.9 Å². The second-order valence-electron chi connectivity index (χ2n) is 4.94. The number of halogens is 4. The van der Waals surface area contributed by atoms with Gasteiger partial charge in [0.2, 0.25) is 0 Å². The van der Waals surface area contributed by atoms with Crippen LogP contribution < -0.4 is 5.32 Å². The molecule has 9 heteroatoms. The Morgan fingerprint density at radius 2 is 1.67 bits per heavy atom. The molecule has 0 spiro atoms. The lowest BCUT2D eigenvalue weighted by atomic mass is 10.1. The Balaban J connectivity index is 2.27. The van der Waals surface area contributed by atoms with Gasteiger partial charge in [-0.25, -0.2) is 8.42 Å². The first kappa shape index (κ1) is 18.3. The lowest BCUT2D eigenvalue weighted by Crippen LogP contribution is -2.13. The summed E-state index contributed by atoms with van der Waals surface area (Å²) >= 11 is 5.90. The number of carbonyl (C=O) groups is 1. The van der Waals surface area contributed by atoms with Crippen LogP contribution >= 0.6 is 11.6 Å². The first-order valence-corrected chi connectivity index (χ1v) is 8.73. The van der Waals surface area contributed by atoms with Crippen molar-refractivity contribution in [3.8, 4) is 0 Å². The van der Waals surface area contributed by atoms with E-state index < -0.39 is 27.5 Å². The summed E-state index contributed by atoms with van der Waals surface area (Å²) in [5.74, 6) is -0.712. The molecule has 0 aliphatic heterocycles. The molecule has 2 aromatic carbocycles. The molecular formula is C15H11ClF3NO3S. The fourth-order valence-corrected chi connectivity index (χ4v) is 2.65. The molecule has 0 radical (unpaired) electrons. The number of hydrogen-bond acceptors (Lipinski definition) is 3. The van der Waals surface area contributed by atoms with Crippen LogP contribution in [-0.4, -0.2) is 20.6 Å². The smallest absolute Gasteiger partial charge is 0.321 e. The number of benzene rings is 2. The summed E-state index contributed by atoms with van der Waals surface area (Å²) in [6, 6.07) is 7.37. The molecule has 0 bridgehead atoms. The molecule has 24 heavy (non-hydrogen) atoms. The topological polar surface area (TPSA) is 63.2 Å². The molecule has 0 aliphatic carbocycles.